The molecule has 0 aromatic carbocycles. The Bertz CT molecular complexity index is 391. The Balaban J connectivity index is 2.02. The van der Waals surface area contributed by atoms with Crippen LogP contribution in [0.3, 0.4) is 0 Å². The number of likely N-dealkylation sites (tertiary alicyclic amines) is 1. The van der Waals surface area contributed by atoms with E-state index in [1.807, 2.05) is 11.8 Å². The summed E-state index contributed by atoms with van der Waals surface area (Å²) in [5, 5.41) is 3.89. The first-order chi connectivity index (χ1) is 8.22. The van der Waals surface area contributed by atoms with Gasteiger partial charge in [-0.1, -0.05) is 4.49 Å². The van der Waals surface area contributed by atoms with Gasteiger partial charge in [0.2, 0.25) is 0 Å². The Kier molecular flexibility index (Phi) is 4.06. The number of aryl methyl sites for hydroxylation is 1. The third kappa shape index (κ3) is 2.81. The maximum Gasteiger partial charge on any atom is 0.267 e. The van der Waals surface area contributed by atoms with Crippen LogP contribution >= 0.6 is 11.5 Å². The maximum absolute atomic E-state index is 12.3. The van der Waals surface area contributed by atoms with Crippen LogP contribution in [0.25, 0.3) is 0 Å². The molecule has 5 nitrogen and oxygen atoms in total. The van der Waals surface area contributed by atoms with E-state index in [0.29, 0.717) is 17.3 Å². The summed E-state index contributed by atoms with van der Waals surface area (Å²) in [6, 6.07) is 0. The molecule has 6 heteroatoms. The Labute approximate surface area is 105 Å². The molecule has 2 N–H and O–H groups in total. The van der Waals surface area contributed by atoms with Crippen molar-refractivity contribution in [1.82, 2.24) is 14.5 Å². The summed E-state index contributed by atoms with van der Waals surface area (Å²) in [6.07, 6.45) is 3.26. The van der Waals surface area contributed by atoms with Gasteiger partial charge in [-0.3, -0.25) is 4.79 Å². The highest BCUT2D eigenvalue weighted by Crippen LogP contribution is 2.22. The van der Waals surface area contributed by atoms with Crippen molar-refractivity contribution in [1.29, 1.82) is 0 Å². The minimum atomic E-state index is 0.0826. The molecule has 1 aliphatic heterocycles. The van der Waals surface area contributed by atoms with Crippen molar-refractivity contribution in [2.24, 2.45) is 11.7 Å². The van der Waals surface area contributed by atoms with Crippen LogP contribution < -0.4 is 5.73 Å². The Hall–Kier alpha value is -1.01. The fraction of sp³-hybridized carbons (Fsp3) is 0.727. The van der Waals surface area contributed by atoms with Crippen LogP contribution in [0, 0.1) is 12.8 Å². The lowest BCUT2D eigenvalue weighted by Crippen LogP contribution is -2.40. The predicted octanol–water partition coefficient (Wildman–Crippen LogP) is 1.05. The highest BCUT2D eigenvalue weighted by molar-refractivity contribution is 7.07. The van der Waals surface area contributed by atoms with Crippen molar-refractivity contribution in [2.45, 2.75) is 26.2 Å². The summed E-state index contributed by atoms with van der Waals surface area (Å²) in [4.78, 5) is 14.9. The van der Waals surface area contributed by atoms with E-state index in [2.05, 4.69) is 9.59 Å². The third-order valence-electron chi connectivity index (χ3n) is 3.23. The molecule has 1 unspecified atom stereocenters. The molecule has 0 spiro atoms. The van der Waals surface area contributed by atoms with Crippen LogP contribution in [0.5, 0.6) is 0 Å². The molecule has 1 aliphatic rings. The number of rotatable bonds is 3. The third-order valence-corrected chi connectivity index (χ3v) is 4.04. The first-order valence-electron chi connectivity index (χ1n) is 6.00. The average Bonchev–Trinajstić information content (AvgIpc) is 2.75. The minimum Gasteiger partial charge on any atom is -0.338 e. The molecule has 0 bridgehead atoms. The molecular formula is C11H18N4OS. The zero-order valence-corrected chi connectivity index (χ0v) is 10.9. The standard InChI is InChI=1S/C11H18N4OS/c1-8-10(17-14-13-8)11(16)15-6-2-3-9(7-15)4-5-12/h9H,2-7,12H2,1H3. The zero-order valence-electron chi connectivity index (χ0n) is 10.1. The lowest BCUT2D eigenvalue weighted by atomic mass is 9.95. The second kappa shape index (κ2) is 5.55. The van der Waals surface area contributed by atoms with Gasteiger partial charge in [-0.25, -0.2) is 0 Å². The molecule has 17 heavy (non-hydrogen) atoms. The summed E-state index contributed by atoms with van der Waals surface area (Å²) in [5.41, 5.74) is 6.32. The maximum atomic E-state index is 12.3. The van der Waals surface area contributed by atoms with Crippen molar-refractivity contribution >= 4 is 17.4 Å². The number of hydrogen-bond donors (Lipinski definition) is 1. The number of carbonyl (C=O) groups excluding carboxylic acids is 1. The van der Waals surface area contributed by atoms with Crippen LogP contribution in [-0.4, -0.2) is 40.0 Å². The van der Waals surface area contributed by atoms with Gasteiger partial charge in [0.15, 0.2) is 0 Å². The van der Waals surface area contributed by atoms with Gasteiger partial charge in [-0.15, -0.1) is 5.10 Å². The van der Waals surface area contributed by atoms with E-state index >= 15 is 0 Å². The molecule has 0 aliphatic carbocycles. The molecule has 1 saturated heterocycles. The molecule has 1 aromatic heterocycles. The Morgan fingerprint density at radius 1 is 1.65 bits per heavy atom. The molecule has 0 saturated carbocycles. The van der Waals surface area contributed by atoms with E-state index in [1.165, 1.54) is 18.0 Å². The molecular weight excluding hydrogens is 236 g/mol. The number of nitrogens with two attached hydrogens (primary N) is 1. The van der Waals surface area contributed by atoms with Crippen molar-refractivity contribution < 1.29 is 4.79 Å². The zero-order chi connectivity index (χ0) is 12.3. The summed E-state index contributed by atoms with van der Waals surface area (Å²) >= 11 is 1.19. The van der Waals surface area contributed by atoms with Crippen molar-refractivity contribution in [3.05, 3.63) is 10.6 Å². The second-order valence-electron chi connectivity index (χ2n) is 4.52. The van der Waals surface area contributed by atoms with Crippen molar-refractivity contribution in [3.8, 4) is 0 Å². The van der Waals surface area contributed by atoms with Gasteiger partial charge in [0.1, 0.15) is 4.88 Å². The van der Waals surface area contributed by atoms with Gasteiger partial charge in [0, 0.05) is 13.1 Å². The summed E-state index contributed by atoms with van der Waals surface area (Å²) in [7, 11) is 0. The summed E-state index contributed by atoms with van der Waals surface area (Å²) in [6.45, 7) is 4.20. The number of amides is 1. The number of piperidine rings is 1. The number of nitrogens with zero attached hydrogens (tertiary/aromatic N) is 3. The largest absolute Gasteiger partial charge is 0.338 e. The molecule has 1 atom stereocenters. The van der Waals surface area contributed by atoms with E-state index in [9.17, 15) is 4.79 Å². The topological polar surface area (TPSA) is 72.1 Å². The van der Waals surface area contributed by atoms with E-state index in [4.69, 9.17) is 5.73 Å². The minimum absolute atomic E-state index is 0.0826. The van der Waals surface area contributed by atoms with Crippen molar-refractivity contribution in [3.63, 3.8) is 0 Å². The van der Waals surface area contributed by atoms with Crippen LogP contribution in [0.1, 0.15) is 34.6 Å². The lowest BCUT2D eigenvalue weighted by Gasteiger charge is -2.32. The fourth-order valence-electron chi connectivity index (χ4n) is 2.29. The van der Waals surface area contributed by atoms with E-state index in [0.717, 1.165) is 31.6 Å². The van der Waals surface area contributed by atoms with Gasteiger partial charge in [0.25, 0.3) is 5.91 Å². The van der Waals surface area contributed by atoms with Crippen LogP contribution in [0.2, 0.25) is 0 Å². The molecule has 2 heterocycles. The first kappa shape index (κ1) is 12.4. The van der Waals surface area contributed by atoms with Gasteiger partial charge >= 0.3 is 0 Å². The van der Waals surface area contributed by atoms with Crippen LogP contribution in [0.4, 0.5) is 0 Å². The van der Waals surface area contributed by atoms with Crippen LogP contribution in [0.15, 0.2) is 0 Å². The van der Waals surface area contributed by atoms with Gasteiger partial charge < -0.3 is 10.6 Å². The molecule has 1 amide bonds. The lowest BCUT2D eigenvalue weighted by molar-refractivity contribution is 0.0673. The number of aromatic nitrogens is 2. The SMILES string of the molecule is Cc1nnsc1C(=O)N1CCCC(CCN)C1. The molecule has 2 rings (SSSR count). The van der Waals surface area contributed by atoms with Gasteiger partial charge in [-0.2, -0.15) is 0 Å². The summed E-state index contributed by atoms with van der Waals surface area (Å²) < 4.78 is 3.82. The molecule has 1 aromatic rings. The number of carbonyl (C=O) groups is 1. The second-order valence-corrected chi connectivity index (χ2v) is 5.28. The van der Waals surface area contributed by atoms with Gasteiger partial charge in [-0.05, 0) is 50.2 Å². The van der Waals surface area contributed by atoms with E-state index in [1.54, 1.807) is 0 Å². The molecule has 94 valence electrons. The highest BCUT2D eigenvalue weighted by atomic mass is 32.1. The van der Waals surface area contributed by atoms with E-state index < -0.39 is 0 Å². The van der Waals surface area contributed by atoms with Gasteiger partial charge in [0.05, 0.1) is 5.69 Å². The molecule has 1 fully saturated rings. The Morgan fingerprint density at radius 3 is 3.12 bits per heavy atom. The smallest absolute Gasteiger partial charge is 0.267 e. The normalized spacial score (nSPS) is 20.6. The van der Waals surface area contributed by atoms with Crippen LogP contribution in [-0.2, 0) is 0 Å². The average molecular weight is 254 g/mol. The fourth-order valence-corrected chi connectivity index (χ4v) is 2.92. The first-order valence-corrected chi connectivity index (χ1v) is 6.78. The number of hydrogen-bond acceptors (Lipinski definition) is 5. The highest BCUT2D eigenvalue weighted by Gasteiger charge is 2.26. The predicted molar refractivity (Wildman–Crippen MR) is 66.9 cm³/mol. The summed E-state index contributed by atoms with van der Waals surface area (Å²) in [5.74, 6) is 0.637. The monoisotopic (exact) mass is 254 g/mol. The Morgan fingerprint density at radius 2 is 2.47 bits per heavy atom. The molecule has 0 radical (unpaired) electrons. The van der Waals surface area contributed by atoms with E-state index in [-0.39, 0.29) is 5.91 Å². The quantitative estimate of drug-likeness (QED) is 0.875. The van der Waals surface area contributed by atoms with Crippen molar-refractivity contribution in [2.75, 3.05) is 19.6 Å².